The van der Waals surface area contributed by atoms with Crippen LogP contribution in [-0.2, 0) is 10.8 Å². The minimum Gasteiger partial charge on any atom is -0.143 e. The number of rotatable bonds is 6. The first-order valence-corrected chi connectivity index (χ1v) is 7.61. The molecule has 0 bridgehead atoms. The van der Waals surface area contributed by atoms with Gasteiger partial charge in [0.25, 0.3) is 0 Å². The van der Waals surface area contributed by atoms with Crippen molar-refractivity contribution in [2.24, 2.45) is 0 Å². The second-order valence-corrected chi connectivity index (χ2v) is 6.43. The molecule has 0 aliphatic rings. The summed E-state index contributed by atoms with van der Waals surface area (Å²) in [6.07, 6.45) is 4.53. The Morgan fingerprint density at radius 3 is 1.29 bits per heavy atom. The third kappa shape index (κ3) is 2.70. The molecule has 1 rings (SSSR count). The minimum absolute atomic E-state index is 0.207. The molecule has 98 valence electrons. The molecule has 0 aliphatic heterocycles. The lowest BCUT2D eigenvalue weighted by Crippen LogP contribution is -2.19. The predicted molar refractivity (Wildman–Crippen MR) is 75.8 cm³/mol. The summed E-state index contributed by atoms with van der Waals surface area (Å²) in [6.45, 7) is 13.6. The second kappa shape index (κ2) is 5.47. The minimum atomic E-state index is 0.207. The van der Waals surface area contributed by atoms with Gasteiger partial charge in [0.2, 0.25) is 0 Å². The molecule has 0 unspecified atom stereocenters. The molecule has 0 spiro atoms. The summed E-state index contributed by atoms with van der Waals surface area (Å²) in [4.78, 5) is 0. The van der Waals surface area contributed by atoms with E-state index in [0.717, 1.165) is 25.7 Å². The third-order valence-corrected chi connectivity index (χ3v) is 6.11. The maximum Gasteiger partial charge on any atom is 0.123 e. The monoisotopic (exact) mass is 254 g/mol. The molecule has 0 atom stereocenters. The van der Waals surface area contributed by atoms with Gasteiger partial charge in [-0.05, 0) is 25.7 Å². The molecule has 0 aromatic carbocycles. The van der Waals surface area contributed by atoms with Gasteiger partial charge in [-0.3, -0.25) is 0 Å². The lowest BCUT2D eigenvalue weighted by Gasteiger charge is -2.24. The molecule has 0 saturated carbocycles. The Hall–Kier alpha value is -0.440. The summed E-state index contributed by atoms with van der Waals surface area (Å²) in [5, 5.41) is 11.3. The predicted octanol–water partition coefficient (Wildman–Crippen LogP) is 4.69. The first-order chi connectivity index (χ1) is 7.95. The van der Waals surface area contributed by atoms with Gasteiger partial charge < -0.3 is 0 Å². The zero-order valence-electron chi connectivity index (χ0n) is 12.1. The van der Waals surface area contributed by atoms with Crippen LogP contribution < -0.4 is 0 Å². The first-order valence-electron chi connectivity index (χ1n) is 6.80. The van der Waals surface area contributed by atoms with Gasteiger partial charge in [0.15, 0.2) is 0 Å². The molecule has 1 heterocycles. The summed E-state index contributed by atoms with van der Waals surface area (Å²) in [6, 6.07) is 0. The van der Waals surface area contributed by atoms with Crippen molar-refractivity contribution in [1.29, 1.82) is 0 Å². The number of aromatic nitrogens is 2. The molecule has 17 heavy (non-hydrogen) atoms. The Bertz CT molecular complexity index is 316. The van der Waals surface area contributed by atoms with Crippen LogP contribution in [0.5, 0.6) is 0 Å². The van der Waals surface area contributed by atoms with Crippen LogP contribution in [0.15, 0.2) is 0 Å². The normalized spacial score (nSPS) is 13.1. The maximum atomic E-state index is 4.46. The van der Waals surface area contributed by atoms with Gasteiger partial charge >= 0.3 is 0 Å². The van der Waals surface area contributed by atoms with Crippen LogP contribution in [0, 0.1) is 0 Å². The zero-order chi connectivity index (χ0) is 13.1. The van der Waals surface area contributed by atoms with Crippen molar-refractivity contribution < 1.29 is 0 Å². The molecule has 3 heteroatoms. The number of hydrogen-bond acceptors (Lipinski definition) is 3. The van der Waals surface area contributed by atoms with E-state index in [1.807, 2.05) is 11.3 Å². The van der Waals surface area contributed by atoms with Gasteiger partial charge in [0, 0.05) is 10.8 Å². The maximum absolute atomic E-state index is 4.46. The van der Waals surface area contributed by atoms with E-state index in [-0.39, 0.29) is 10.8 Å². The van der Waals surface area contributed by atoms with Crippen LogP contribution in [0.1, 0.15) is 77.2 Å². The molecule has 0 amide bonds. The highest BCUT2D eigenvalue weighted by molar-refractivity contribution is 7.11. The highest BCUT2D eigenvalue weighted by Gasteiger charge is 2.31. The zero-order valence-corrected chi connectivity index (χ0v) is 12.9. The highest BCUT2D eigenvalue weighted by Crippen LogP contribution is 2.38. The van der Waals surface area contributed by atoms with Crippen LogP contribution in [0.25, 0.3) is 0 Å². The van der Waals surface area contributed by atoms with Gasteiger partial charge in [-0.2, -0.15) is 0 Å². The van der Waals surface area contributed by atoms with Crippen molar-refractivity contribution in [1.82, 2.24) is 10.2 Å². The van der Waals surface area contributed by atoms with E-state index in [9.17, 15) is 0 Å². The smallest absolute Gasteiger partial charge is 0.123 e. The van der Waals surface area contributed by atoms with Gasteiger partial charge in [-0.25, -0.2) is 0 Å². The lowest BCUT2D eigenvalue weighted by atomic mass is 9.86. The van der Waals surface area contributed by atoms with Crippen molar-refractivity contribution in [3.63, 3.8) is 0 Å². The lowest BCUT2D eigenvalue weighted by molar-refractivity contribution is 0.426. The van der Waals surface area contributed by atoms with E-state index in [1.165, 1.54) is 10.0 Å². The second-order valence-electron chi connectivity index (χ2n) is 5.45. The molecule has 0 N–H and O–H groups in total. The average molecular weight is 254 g/mol. The Morgan fingerprint density at radius 2 is 1.06 bits per heavy atom. The third-order valence-electron chi connectivity index (χ3n) is 4.58. The van der Waals surface area contributed by atoms with Crippen LogP contribution in [0.2, 0.25) is 0 Å². The Morgan fingerprint density at radius 1 is 0.765 bits per heavy atom. The summed E-state index contributed by atoms with van der Waals surface area (Å²) < 4.78 is 0. The van der Waals surface area contributed by atoms with E-state index < -0.39 is 0 Å². The molecule has 0 saturated heterocycles. The molecule has 0 aliphatic carbocycles. The van der Waals surface area contributed by atoms with E-state index in [2.05, 4.69) is 51.7 Å². The van der Waals surface area contributed by atoms with E-state index in [4.69, 9.17) is 0 Å². The molecule has 1 aromatic heterocycles. The van der Waals surface area contributed by atoms with Crippen molar-refractivity contribution in [2.75, 3.05) is 0 Å². The number of nitrogens with zero attached hydrogens (tertiary/aromatic N) is 2. The van der Waals surface area contributed by atoms with Crippen LogP contribution in [-0.4, -0.2) is 10.2 Å². The van der Waals surface area contributed by atoms with Crippen LogP contribution >= 0.6 is 11.3 Å². The van der Waals surface area contributed by atoms with E-state index in [1.54, 1.807) is 0 Å². The van der Waals surface area contributed by atoms with Gasteiger partial charge in [-0.1, -0.05) is 41.5 Å². The molecule has 1 aromatic rings. The van der Waals surface area contributed by atoms with Crippen molar-refractivity contribution in [3.8, 4) is 0 Å². The van der Waals surface area contributed by atoms with Crippen molar-refractivity contribution in [3.05, 3.63) is 10.0 Å². The Balaban J connectivity index is 3.07. The highest BCUT2D eigenvalue weighted by atomic mass is 32.1. The fourth-order valence-corrected chi connectivity index (χ4v) is 3.23. The van der Waals surface area contributed by atoms with E-state index in [0.29, 0.717) is 0 Å². The van der Waals surface area contributed by atoms with Gasteiger partial charge in [0.05, 0.1) is 0 Å². The van der Waals surface area contributed by atoms with Crippen molar-refractivity contribution in [2.45, 2.75) is 78.1 Å². The molecule has 0 fully saturated rings. The van der Waals surface area contributed by atoms with Gasteiger partial charge in [0.1, 0.15) is 10.0 Å². The average Bonchev–Trinajstić information content (AvgIpc) is 2.87. The van der Waals surface area contributed by atoms with E-state index >= 15 is 0 Å². The topological polar surface area (TPSA) is 25.8 Å². The summed E-state index contributed by atoms with van der Waals surface area (Å²) in [5.41, 5.74) is 0.413. The molecule has 2 nitrogen and oxygen atoms in total. The summed E-state index contributed by atoms with van der Waals surface area (Å²) >= 11 is 1.82. The molecule has 0 radical (unpaired) electrons. The SMILES string of the molecule is CCC(C)(CC)c1nnc(C(C)(CC)CC)s1. The summed E-state index contributed by atoms with van der Waals surface area (Å²) in [5.74, 6) is 0. The Kier molecular flexibility index (Phi) is 4.70. The first kappa shape index (κ1) is 14.6. The fourth-order valence-electron chi connectivity index (χ4n) is 1.82. The quantitative estimate of drug-likeness (QED) is 0.735. The number of hydrogen-bond donors (Lipinski definition) is 0. The standard InChI is InChI=1S/C14H26N2S/c1-7-13(5,8-2)11-15-16-12(17-11)14(6,9-3)10-4/h7-10H2,1-6H3. The van der Waals surface area contributed by atoms with Gasteiger partial charge in [-0.15, -0.1) is 21.5 Å². The van der Waals surface area contributed by atoms with Crippen LogP contribution in [0.3, 0.4) is 0 Å². The molecular weight excluding hydrogens is 228 g/mol. The molecular formula is C14H26N2S. The Labute approximate surface area is 110 Å². The summed E-state index contributed by atoms with van der Waals surface area (Å²) in [7, 11) is 0. The fraction of sp³-hybridized carbons (Fsp3) is 0.857. The van der Waals surface area contributed by atoms with Crippen LogP contribution in [0.4, 0.5) is 0 Å². The van der Waals surface area contributed by atoms with Crippen molar-refractivity contribution >= 4 is 11.3 Å². The largest absolute Gasteiger partial charge is 0.143 e.